The van der Waals surface area contributed by atoms with Gasteiger partial charge < -0.3 is 0 Å². The van der Waals surface area contributed by atoms with Crippen molar-refractivity contribution in [3.63, 3.8) is 0 Å². The molecule has 0 N–H and O–H groups in total. The Morgan fingerprint density at radius 3 is 2.35 bits per heavy atom. The van der Waals surface area contributed by atoms with Gasteiger partial charge in [-0.2, -0.15) is 0 Å². The van der Waals surface area contributed by atoms with Gasteiger partial charge in [0, 0.05) is 5.88 Å². The first-order valence-corrected chi connectivity index (χ1v) is 6.51. The van der Waals surface area contributed by atoms with Crippen molar-refractivity contribution in [1.82, 2.24) is 0 Å². The van der Waals surface area contributed by atoms with Gasteiger partial charge in [-0.15, -0.1) is 11.6 Å². The first-order chi connectivity index (χ1) is 8.29. The molecule has 0 fully saturated rings. The van der Waals surface area contributed by atoms with Crippen molar-refractivity contribution in [3.05, 3.63) is 70.8 Å². The second-order valence-corrected chi connectivity index (χ2v) is 4.65. The van der Waals surface area contributed by atoms with Crippen LogP contribution in [-0.4, -0.2) is 0 Å². The molecule has 17 heavy (non-hydrogen) atoms. The van der Waals surface area contributed by atoms with Gasteiger partial charge in [0.05, 0.1) is 0 Å². The maximum absolute atomic E-state index is 5.87. The summed E-state index contributed by atoms with van der Waals surface area (Å²) >= 11 is 5.87. The third-order valence-electron chi connectivity index (χ3n) is 3.09. The molecule has 1 heteroatoms. The van der Waals surface area contributed by atoms with E-state index >= 15 is 0 Å². The first kappa shape index (κ1) is 12.2. The van der Waals surface area contributed by atoms with Gasteiger partial charge in [-0.1, -0.05) is 48.5 Å². The number of rotatable bonds is 4. The van der Waals surface area contributed by atoms with E-state index in [0.29, 0.717) is 5.88 Å². The molecule has 2 aromatic rings. The lowest BCUT2D eigenvalue weighted by Crippen LogP contribution is -1.95. The molecule has 0 atom stereocenters. The summed E-state index contributed by atoms with van der Waals surface area (Å²) < 4.78 is 0. The van der Waals surface area contributed by atoms with E-state index < -0.39 is 0 Å². The summed E-state index contributed by atoms with van der Waals surface area (Å²) in [6.07, 6.45) is 2.17. The van der Waals surface area contributed by atoms with Crippen LogP contribution in [0.25, 0.3) is 0 Å². The van der Waals surface area contributed by atoms with Crippen LogP contribution in [0.1, 0.15) is 22.3 Å². The molecular formula is C16H17Cl. The zero-order chi connectivity index (χ0) is 12.1. The fourth-order valence-corrected chi connectivity index (χ4v) is 2.17. The van der Waals surface area contributed by atoms with Crippen LogP contribution in [0.2, 0.25) is 0 Å². The number of hydrogen-bond donors (Lipinski definition) is 0. The second-order valence-electron chi connectivity index (χ2n) is 4.38. The van der Waals surface area contributed by atoms with Crippen LogP contribution < -0.4 is 0 Å². The normalized spacial score (nSPS) is 10.5. The van der Waals surface area contributed by atoms with Gasteiger partial charge in [0.1, 0.15) is 0 Å². The number of benzene rings is 2. The number of hydrogen-bond acceptors (Lipinski definition) is 0. The molecule has 0 amide bonds. The van der Waals surface area contributed by atoms with Crippen molar-refractivity contribution < 1.29 is 0 Å². The van der Waals surface area contributed by atoms with Crippen LogP contribution in [0, 0.1) is 6.92 Å². The molecular weight excluding hydrogens is 228 g/mol. The zero-order valence-electron chi connectivity index (χ0n) is 10.1. The molecule has 0 heterocycles. The van der Waals surface area contributed by atoms with Crippen LogP contribution in [0.3, 0.4) is 0 Å². The Morgan fingerprint density at radius 1 is 0.882 bits per heavy atom. The smallest absolute Gasteiger partial charge is 0.0474 e. The summed E-state index contributed by atoms with van der Waals surface area (Å²) in [6, 6.07) is 17.1. The predicted octanol–water partition coefficient (Wildman–Crippen LogP) is 4.52. The highest BCUT2D eigenvalue weighted by Gasteiger charge is 2.01. The number of alkyl halides is 1. The Bertz CT molecular complexity index is 474. The summed E-state index contributed by atoms with van der Waals surface area (Å²) in [6.45, 7) is 2.17. The molecule has 0 aliphatic heterocycles. The molecule has 0 spiro atoms. The van der Waals surface area contributed by atoms with E-state index in [1.807, 2.05) is 0 Å². The Labute approximate surface area is 108 Å². The lowest BCUT2D eigenvalue weighted by molar-refractivity contribution is 0.946. The Kier molecular flexibility index (Phi) is 4.22. The van der Waals surface area contributed by atoms with Gasteiger partial charge in [0.15, 0.2) is 0 Å². The lowest BCUT2D eigenvalue weighted by atomic mass is 9.99. The highest BCUT2D eigenvalue weighted by Crippen LogP contribution is 2.15. The van der Waals surface area contributed by atoms with Crippen molar-refractivity contribution in [2.45, 2.75) is 25.6 Å². The number of halogens is 1. The maximum Gasteiger partial charge on any atom is 0.0474 e. The van der Waals surface area contributed by atoms with Gasteiger partial charge in [0.25, 0.3) is 0 Å². The van der Waals surface area contributed by atoms with Gasteiger partial charge in [-0.05, 0) is 42.0 Å². The van der Waals surface area contributed by atoms with E-state index in [0.717, 1.165) is 12.8 Å². The molecule has 88 valence electrons. The van der Waals surface area contributed by atoms with Crippen molar-refractivity contribution in [2.24, 2.45) is 0 Å². The topological polar surface area (TPSA) is 0 Å². The minimum absolute atomic E-state index is 0.596. The minimum atomic E-state index is 0.596. The molecule has 0 aromatic heterocycles. The van der Waals surface area contributed by atoms with Crippen molar-refractivity contribution in [3.8, 4) is 0 Å². The fraction of sp³-hybridized carbons (Fsp3) is 0.250. The second kappa shape index (κ2) is 5.88. The average Bonchev–Trinajstić information content (AvgIpc) is 2.39. The van der Waals surface area contributed by atoms with Crippen LogP contribution in [0.4, 0.5) is 0 Å². The molecule has 0 unspecified atom stereocenters. The van der Waals surface area contributed by atoms with Gasteiger partial charge in [-0.25, -0.2) is 0 Å². The number of aryl methyl sites for hydroxylation is 3. The van der Waals surface area contributed by atoms with Gasteiger partial charge >= 0.3 is 0 Å². The molecule has 2 aromatic carbocycles. The molecule has 2 rings (SSSR count). The molecule has 0 bridgehead atoms. The molecule has 0 saturated carbocycles. The summed E-state index contributed by atoms with van der Waals surface area (Å²) in [5.41, 5.74) is 5.37. The van der Waals surface area contributed by atoms with Crippen LogP contribution in [0.15, 0.2) is 48.5 Å². The molecule has 0 saturated heterocycles. The van der Waals surface area contributed by atoms with Crippen molar-refractivity contribution in [2.75, 3.05) is 0 Å². The SMILES string of the molecule is Cc1ccc(CCl)cc1CCc1ccccc1. The van der Waals surface area contributed by atoms with Crippen LogP contribution in [-0.2, 0) is 18.7 Å². The van der Waals surface area contributed by atoms with Crippen LogP contribution in [0.5, 0.6) is 0 Å². The summed E-state index contributed by atoms with van der Waals surface area (Å²) in [5, 5.41) is 0. The Morgan fingerprint density at radius 2 is 1.65 bits per heavy atom. The largest absolute Gasteiger partial charge is 0.122 e. The highest BCUT2D eigenvalue weighted by molar-refractivity contribution is 6.17. The first-order valence-electron chi connectivity index (χ1n) is 5.98. The standard InChI is InChI=1S/C16H17Cl/c1-13-7-8-15(12-17)11-16(13)10-9-14-5-3-2-4-6-14/h2-8,11H,9-10,12H2,1H3. The minimum Gasteiger partial charge on any atom is -0.122 e. The van der Waals surface area contributed by atoms with Gasteiger partial charge in [-0.3, -0.25) is 0 Å². The van der Waals surface area contributed by atoms with Crippen molar-refractivity contribution in [1.29, 1.82) is 0 Å². The predicted molar refractivity (Wildman–Crippen MR) is 74.6 cm³/mol. The summed E-state index contributed by atoms with van der Waals surface area (Å²) in [7, 11) is 0. The quantitative estimate of drug-likeness (QED) is 0.694. The van der Waals surface area contributed by atoms with E-state index in [2.05, 4.69) is 55.5 Å². The summed E-state index contributed by atoms with van der Waals surface area (Å²) in [5.74, 6) is 0.596. The lowest BCUT2D eigenvalue weighted by Gasteiger charge is -2.07. The van der Waals surface area contributed by atoms with Crippen molar-refractivity contribution >= 4 is 11.6 Å². The van der Waals surface area contributed by atoms with E-state index in [1.54, 1.807) is 0 Å². The fourth-order valence-electron chi connectivity index (χ4n) is 2.00. The average molecular weight is 245 g/mol. The third kappa shape index (κ3) is 3.34. The molecule has 0 radical (unpaired) electrons. The van der Waals surface area contributed by atoms with E-state index in [4.69, 9.17) is 11.6 Å². The Balaban J connectivity index is 2.08. The monoisotopic (exact) mass is 244 g/mol. The van der Waals surface area contributed by atoms with E-state index in [1.165, 1.54) is 22.3 Å². The summed E-state index contributed by atoms with van der Waals surface area (Å²) in [4.78, 5) is 0. The zero-order valence-corrected chi connectivity index (χ0v) is 10.9. The van der Waals surface area contributed by atoms with E-state index in [-0.39, 0.29) is 0 Å². The highest BCUT2D eigenvalue weighted by atomic mass is 35.5. The van der Waals surface area contributed by atoms with Gasteiger partial charge in [0.2, 0.25) is 0 Å². The molecule has 0 aliphatic carbocycles. The third-order valence-corrected chi connectivity index (χ3v) is 3.40. The van der Waals surface area contributed by atoms with Crippen LogP contribution >= 0.6 is 11.6 Å². The molecule has 0 aliphatic rings. The molecule has 0 nitrogen and oxygen atoms in total. The van der Waals surface area contributed by atoms with E-state index in [9.17, 15) is 0 Å². The Hall–Kier alpha value is -1.27. The maximum atomic E-state index is 5.87.